The zero-order valence-corrected chi connectivity index (χ0v) is 10.9. The Labute approximate surface area is 106 Å². The van der Waals surface area contributed by atoms with Crippen LogP contribution in [-0.2, 0) is 6.61 Å². The van der Waals surface area contributed by atoms with Crippen molar-refractivity contribution < 1.29 is 5.11 Å². The van der Waals surface area contributed by atoms with E-state index in [1.54, 1.807) is 6.07 Å². The van der Waals surface area contributed by atoms with Crippen molar-refractivity contribution in [3.05, 3.63) is 45.7 Å². The van der Waals surface area contributed by atoms with Gasteiger partial charge in [0.1, 0.15) is 0 Å². The first-order valence-corrected chi connectivity index (χ1v) is 5.85. The molecule has 0 saturated carbocycles. The summed E-state index contributed by atoms with van der Waals surface area (Å²) in [7, 11) is 0. The summed E-state index contributed by atoms with van der Waals surface area (Å²) in [6.45, 7) is 6.00. The van der Waals surface area contributed by atoms with E-state index in [9.17, 15) is 5.11 Å². The molecule has 3 nitrogen and oxygen atoms in total. The van der Waals surface area contributed by atoms with Gasteiger partial charge in [-0.1, -0.05) is 17.7 Å². The molecule has 0 aliphatic carbocycles. The molecule has 0 saturated heterocycles. The second-order valence-electron chi connectivity index (χ2n) is 4.14. The molecule has 0 radical (unpaired) electrons. The molecule has 0 atom stereocenters. The van der Waals surface area contributed by atoms with E-state index in [0.29, 0.717) is 5.02 Å². The highest BCUT2D eigenvalue weighted by Gasteiger charge is 2.12. The summed E-state index contributed by atoms with van der Waals surface area (Å²) in [5.74, 6) is 0. The zero-order valence-electron chi connectivity index (χ0n) is 10.2. The van der Waals surface area contributed by atoms with Crippen molar-refractivity contribution in [1.29, 1.82) is 0 Å². The number of aliphatic hydroxyl groups is 1. The van der Waals surface area contributed by atoms with Crippen LogP contribution in [0.5, 0.6) is 0 Å². The molecule has 0 unspecified atom stereocenters. The second-order valence-corrected chi connectivity index (χ2v) is 4.58. The first-order valence-electron chi connectivity index (χ1n) is 5.47. The van der Waals surface area contributed by atoms with E-state index in [2.05, 4.69) is 5.10 Å². The predicted octanol–water partition coefficient (Wildman–Crippen LogP) is 2.94. The third-order valence-electron chi connectivity index (χ3n) is 3.10. The van der Waals surface area contributed by atoms with Crippen LogP contribution < -0.4 is 0 Å². The van der Waals surface area contributed by atoms with Crippen LogP contribution in [0.4, 0.5) is 0 Å². The van der Waals surface area contributed by atoms with Gasteiger partial charge in [0.15, 0.2) is 0 Å². The Morgan fingerprint density at radius 2 is 2.00 bits per heavy atom. The fraction of sp³-hybridized carbons (Fsp3) is 0.308. The molecule has 4 heteroatoms. The minimum Gasteiger partial charge on any atom is -0.392 e. The average molecular weight is 251 g/mol. The summed E-state index contributed by atoms with van der Waals surface area (Å²) in [4.78, 5) is 0. The lowest BCUT2D eigenvalue weighted by Crippen LogP contribution is -2.03. The van der Waals surface area contributed by atoms with Crippen molar-refractivity contribution in [3.63, 3.8) is 0 Å². The number of hydrogen-bond acceptors (Lipinski definition) is 2. The van der Waals surface area contributed by atoms with Crippen LogP contribution in [0, 0.1) is 20.8 Å². The first kappa shape index (κ1) is 12.1. The Balaban J connectivity index is 2.67. The summed E-state index contributed by atoms with van der Waals surface area (Å²) in [5.41, 5.74) is 4.88. The van der Waals surface area contributed by atoms with Crippen LogP contribution in [-0.4, -0.2) is 14.9 Å². The van der Waals surface area contributed by atoms with Gasteiger partial charge in [0.2, 0.25) is 0 Å². The molecular weight excluding hydrogens is 236 g/mol. The molecule has 17 heavy (non-hydrogen) atoms. The summed E-state index contributed by atoms with van der Waals surface area (Å²) in [5, 5.41) is 14.5. The molecule has 0 bridgehead atoms. The molecule has 1 aromatic carbocycles. The molecule has 0 aliphatic heterocycles. The molecule has 0 amide bonds. The maximum absolute atomic E-state index is 9.35. The number of aryl methyl sites for hydroxylation is 1. The van der Waals surface area contributed by atoms with Crippen LogP contribution >= 0.6 is 11.6 Å². The van der Waals surface area contributed by atoms with Crippen molar-refractivity contribution in [2.75, 3.05) is 0 Å². The average Bonchev–Trinajstić information content (AvgIpc) is 2.57. The number of benzene rings is 1. The lowest BCUT2D eigenvalue weighted by Gasteiger charge is -2.10. The number of rotatable bonds is 2. The standard InChI is InChI=1S/C13H15ClN2O/c1-8-9(2)15-16(10(8)3)13-6-12(14)5-4-11(13)7-17/h4-6,17H,7H2,1-3H3. The van der Waals surface area contributed by atoms with Gasteiger partial charge in [0.25, 0.3) is 0 Å². The van der Waals surface area contributed by atoms with Gasteiger partial charge in [-0.3, -0.25) is 0 Å². The number of hydrogen-bond donors (Lipinski definition) is 1. The zero-order chi connectivity index (χ0) is 12.6. The van der Waals surface area contributed by atoms with Gasteiger partial charge >= 0.3 is 0 Å². The Morgan fingerprint density at radius 3 is 2.53 bits per heavy atom. The van der Waals surface area contributed by atoms with Crippen LogP contribution in [0.15, 0.2) is 18.2 Å². The normalized spacial score (nSPS) is 10.9. The molecule has 1 heterocycles. The quantitative estimate of drug-likeness (QED) is 0.890. The van der Waals surface area contributed by atoms with E-state index in [4.69, 9.17) is 11.6 Å². The van der Waals surface area contributed by atoms with Gasteiger partial charge in [0, 0.05) is 16.3 Å². The van der Waals surface area contributed by atoms with Gasteiger partial charge in [-0.2, -0.15) is 5.10 Å². The Morgan fingerprint density at radius 1 is 1.29 bits per heavy atom. The highest BCUT2D eigenvalue weighted by atomic mass is 35.5. The van der Waals surface area contributed by atoms with Gasteiger partial charge < -0.3 is 5.11 Å². The van der Waals surface area contributed by atoms with E-state index < -0.39 is 0 Å². The van der Waals surface area contributed by atoms with E-state index >= 15 is 0 Å². The Hall–Kier alpha value is -1.32. The van der Waals surface area contributed by atoms with Gasteiger partial charge in [-0.05, 0) is 38.5 Å². The van der Waals surface area contributed by atoms with Crippen molar-refractivity contribution in [3.8, 4) is 5.69 Å². The molecule has 1 aromatic heterocycles. The second kappa shape index (κ2) is 4.51. The molecule has 1 N–H and O–H groups in total. The number of aliphatic hydroxyl groups excluding tert-OH is 1. The molecule has 2 rings (SSSR count). The van der Waals surface area contributed by atoms with Gasteiger partial charge in [-0.15, -0.1) is 0 Å². The van der Waals surface area contributed by atoms with Crippen molar-refractivity contribution >= 4 is 11.6 Å². The van der Waals surface area contributed by atoms with E-state index in [1.165, 1.54) is 0 Å². The molecule has 0 fully saturated rings. The van der Waals surface area contributed by atoms with E-state index in [-0.39, 0.29) is 6.61 Å². The van der Waals surface area contributed by atoms with Crippen LogP contribution in [0.3, 0.4) is 0 Å². The highest BCUT2D eigenvalue weighted by Crippen LogP contribution is 2.23. The minimum atomic E-state index is -0.0239. The molecule has 0 aliphatic rings. The Bertz CT molecular complexity index is 561. The lowest BCUT2D eigenvalue weighted by atomic mass is 10.1. The van der Waals surface area contributed by atoms with Crippen LogP contribution in [0.25, 0.3) is 5.69 Å². The third-order valence-corrected chi connectivity index (χ3v) is 3.33. The number of halogens is 1. The monoisotopic (exact) mass is 250 g/mol. The van der Waals surface area contributed by atoms with Crippen molar-refractivity contribution in [1.82, 2.24) is 9.78 Å². The SMILES string of the molecule is Cc1nn(-c2cc(Cl)ccc2CO)c(C)c1C. The Kier molecular flexibility index (Phi) is 3.22. The smallest absolute Gasteiger partial charge is 0.0718 e. The largest absolute Gasteiger partial charge is 0.392 e. The fourth-order valence-corrected chi connectivity index (χ4v) is 1.99. The fourth-order valence-electron chi connectivity index (χ4n) is 1.82. The van der Waals surface area contributed by atoms with Crippen LogP contribution in [0.2, 0.25) is 5.02 Å². The summed E-state index contributed by atoms with van der Waals surface area (Å²) < 4.78 is 1.84. The van der Waals surface area contributed by atoms with Gasteiger partial charge in [-0.25, -0.2) is 4.68 Å². The number of nitrogens with zero attached hydrogens (tertiary/aromatic N) is 2. The van der Waals surface area contributed by atoms with E-state index in [0.717, 1.165) is 28.2 Å². The van der Waals surface area contributed by atoms with Crippen molar-refractivity contribution in [2.45, 2.75) is 27.4 Å². The van der Waals surface area contributed by atoms with E-state index in [1.807, 2.05) is 37.6 Å². The summed E-state index contributed by atoms with van der Waals surface area (Å²) in [6, 6.07) is 5.42. The van der Waals surface area contributed by atoms with Crippen LogP contribution in [0.1, 0.15) is 22.5 Å². The summed E-state index contributed by atoms with van der Waals surface area (Å²) in [6.07, 6.45) is 0. The molecule has 0 spiro atoms. The predicted molar refractivity (Wildman–Crippen MR) is 68.7 cm³/mol. The first-order chi connectivity index (χ1) is 8.04. The molecule has 2 aromatic rings. The molecular formula is C13H15ClN2O. The highest BCUT2D eigenvalue weighted by molar-refractivity contribution is 6.30. The third kappa shape index (κ3) is 2.08. The number of aromatic nitrogens is 2. The molecule has 90 valence electrons. The minimum absolute atomic E-state index is 0.0239. The van der Waals surface area contributed by atoms with Gasteiger partial charge in [0.05, 0.1) is 18.0 Å². The maximum Gasteiger partial charge on any atom is 0.0718 e. The maximum atomic E-state index is 9.35. The lowest BCUT2D eigenvalue weighted by molar-refractivity contribution is 0.281. The summed E-state index contributed by atoms with van der Waals surface area (Å²) >= 11 is 6.00. The van der Waals surface area contributed by atoms with Crippen molar-refractivity contribution in [2.24, 2.45) is 0 Å². The topological polar surface area (TPSA) is 38.0 Å².